The second kappa shape index (κ2) is 6.09. The average molecular weight is 250 g/mol. The summed E-state index contributed by atoms with van der Waals surface area (Å²) in [5.41, 5.74) is 0. The van der Waals surface area contributed by atoms with Crippen LogP contribution in [0.15, 0.2) is 38.7 Å². The van der Waals surface area contributed by atoms with Crippen molar-refractivity contribution in [2.45, 2.75) is 31.9 Å². The van der Waals surface area contributed by atoms with Crippen LogP contribution in [-0.4, -0.2) is 12.6 Å². The zero-order valence-corrected chi connectivity index (χ0v) is 9.87. The van der Waals surface area contributed by atoms with Gasteiger partial charge in [0.15, 0.2) is 0 Å². The summed E-state index contributed by atoms with van der Waals surface area (Å²) in [7, 11) is 0. The number of furan rings is 1. The van der Waals surface area contributed by atoms with E-state index >= 15 is 0 Å². The fourth-order valence-electron chi connectivity index (χ4n) is 1.92. The highest BCUT2D eigenvalue weighted by molar-refractivity contribution is 5.08. The van der Waals surface area contributed by atoms with Crippen LogP contribution in [0.25, 0.3) is 0 Å². The van der Waals surface area contributed by atoms with Gasteiger partial charge >= 0.3 is 0 Å². The summed E-state index contributed by atoms with van der Waals surface area (Å²) in [6.07, 6.45) is 4.32. The summed E-state index contributed by atoms with van der Waals surface area (Å²) in [5, 5.41) is 5.56. The number of nitroso groups, excluding NO2 is 2. The van der Waals surface area contributed by atoms with Gasteiger partial charge in [-0.1, -0.05) is 10.4 Å². The molecule has 0 amide bonds. The van der Waals surface area contributed by atoms with Crippen molar-refractivity contribution in [1.29, 1.82) is 0 Å². The summed E-state index contributed by atoms with van der Waals surface area (Å²) in [4.78, 5) is 20.2. The first-order valence-corrected chi connectivity index (χ1v) is 5.83. The van der Waals surface area contributed by atoms with Crippen molar-refractivity contribution in [1.82, 2.24) is 0 Å². The lowest BCUT2D eigenvalue weighted by Gasteiger charge is -2.10. The molecule has 6 heteroatoms. The number of nitrogens with zero attached hydrogens (tertiary/aromatic N) is 2. The smallest absolute Gasteiger partial charge is 0.139 e. The summed E-state index contributed by atoms with van der Waals surface area (Å²) >= 11 is 0. The number of aryl methyl sites for hydroxylation is 1. The third-order valence-electron chi connectivity index (χ3n) is 2.80. The van der Waals surface area contributed by atoms with Crippen LogP contribution in [0.2, 0.25) is 0 Å². The zero-order valence-electron chi connectivity index (χ0n) is 9.87. The van der Waals surface area contributed by atoms with E-state index in [1.807, 2.05) is 12.1 Å². The van der Waals surface area contributed by atoms with Crippen molar-refractivity contribution in [2.75, 3.05) is 6.54 Å². The summed E-state index contributed by atoms with van der Waals surface area (Å²) in [6, 6.07) is 3.60. The highest BCUT2D eigenvalue weighted by Crippen LogP contribution is 2.22. The van der Waals surface area contributed by atoms with Crippen molar-refractivity contribution in [2.24, 2.45) is 10.4 Å². The quantitative estimate of drug-likeness (QED) is 0.696. The van der Waals surface area contributed by atoms with Crippen LogP contribution in [0.3, 0.4) is 0 Å². The molecule has 2 rings (SSSR count). The van der Waals surface area contributed by atoms with Crippen molar-refractivity contribution in [3.05, 3.63) is 45.3 Å². The fraction of sp³-hybridized carbons (Fsp3) is 0.500. The molecule has 1 atom stereocenters. The first kappa shape index (κ1) is 12.5. The third-order valence-corrected chi connectivity index (χ3v) is 2.80. The normalized spacial score (nSPS) is 18.2. The number of rotatable bonds is 7. The van der Waals surface area contributed by atoms with Crippen LogP contribution in [0, 0.1) is 9.81 Å². The molecule has 1 aliphatic rings. The van der Waals surface area contributed by atoms with Gasteiger partial charge in [-0.05, 0) is 24.6 Å². The molecule has 96 valence electrons. The van der Waals surface area contributed by atoms with Crippen LogP contribution in [0.5, 0.6) is 0 Å². The van der Waals surface area contributed by atoms with E-state index in [0.717, 1.165) is 25.0 Å². The monoisotopic (exact) mass is 250 g/mol. The maximum atomic E-state index is 10.1. The van der Waals surface area contributed by atoms with Crippen molar-refractivity contribution < 1.29 is 9.15 Å². The van der Waals surface area contributed by atoms with Gasteiger partial charge in [0.1, 0.15) is 36.5 Å². The molecule has 0 spiro atoms. The minimum Gasteiger partial charge on any atom is -0.493 e. The Labute approximate surface area is 104 Å². The molecule has 0 saturated carbocycles. The van der Waals surface area contributed by atoms with E-state index in [0.29, 0.717) is 11.5 Å². The van der Waals surface area contributed by atoms with E-state index in [1.54, 1.807) is 6.07 Å². The Kier molecular flexibility index (Phi) is 4.22. The average Bonchev–Trinajstić information content (AvgIpc) is 2.97. The Morgan fingerprint density at radius 1 is 1.17 bits per heavy atom. The van der Waals surface area contributed by atoms with Gasteiger partial charge in [0.05, 0.1) is 0 Å². The molecule has 0 aliphatic carbocycles. The van der Waals surface area contributed by atoms with Gasteiger partial charge in [-0.2, -0.15) is 9.81 Å². The number of hydrogen-bond donors (Lipinski definition) is 0. The fourth-order valence-corrected chi connectivity index (χ4v) is 1.92. The molecule has 0 saturated heterocycles. The van der Waals surface area contributed by atoms with Gasteiger partial charge < -0.3 is 9.15 Å². The van der Waals surface area contributed by atoms with Gasteiger partial charge in [-0.25, -0.2) is 0 Å². The highest BCUT2D eigenvalue weighted by Gasteiger charge is 2.18. The van der Waals surface area contributed by atoms with Crippen LogP contribution in [0.4, 0.5) is 0 Å². The summed E-state index contributed by atoms with van der Waals surface area (Å²) < 4.78 is 11.0. The SMILES string of the molecule is O=NCC1=CCC(CCc2ccc(CN=O)o2)O1. The number of ether oxygens (including phenoxy) is 1. The van der Waals surface area contributed by atoms with Gasteiger partial charge in [0.25, 0.3) is 0 Å². The Bertz CT molecular complexity index is 453. The lowest BCUT2D eigenvalue weighted by Crippen LogP contribution is -2.08. The third kappa shape index (κ3) is 3.26. The van der Waals surface area contributed by atoms with Crippen LogP contribution in [-0.2, 0) is 17.7 Å². The predicted octanol–water partition coefficient (Wildman–Crippen LogP) is 2.92. The van der Waals surface area contributed by atoms with Crippen LogP contribution >= 0.6 is 0 Å². The topological polar surface area (TPSA) is 81.2 Å². The summed E-state index contributed by atoms with van der Waals surface area (Å²) in [6.45, 7) is 0.170. The van der Waals surface area contributed by atoms with Gasteiger partial charge in [0.2, 0.25) is 0 Å². The van der Waals surface area contributed by atoms with Crippen LogP contribution < -0.4 is 0 Å². The molecule has 0 fully saturated rings. The maximum absolute atomic E-state index is 10.1. The predicted molar refractivity (Wildman–Crippen MR) is 64.8 cm³/mol. The Hall–Kier alpha value is -1.98. The Balaban J connectivity index is 1.75. The van der Waals surface area contributed by atoms with Crippen molar-refractivity contribution in [3.8, 4) is 0 Å². The van der Waals surface area contributed by atoms with E-state index < -0.39 is 0 Å². The zero-order chi connectivity index (χ0) is 12.8. The molecular weight excluding hydrogens is 236 g/mol. The molecule has 0 N–H and O–H groups in total. The van der Waals surface area contributed by atoms with E-state index in [2.05, 4.69) is 10.4 Å². The molecular formula is C12H14N2O4. The van der Waals surface area contributed by atoms with E-state index in [-0.39, 0.29) is 19.2 Å². The minimum atomic E-state index is 0.0661. The molecule has 18 heavy (non-hydrogen) atoms. The molecule has 1 unspecified atom stereocenters. The second-order valence-corrected chi connectivity index (χ2v) is 4.13. The summed E-state index contributed by atoms with van der Waals surface area (Å²) in [5.74, 6) is 2.05. The van der Waals surface area contributed by atoms with Gasteiger partial charge in [0, 0.05) is 12.8 Å². The molecule has 6 nitrogen and oxygen atoms in total. The van der Waals surface area contributed by atoms with Crippen molar-refractivity contribution in [3.63, 3.8) is 0 Å². The van der Waals surface area contributed by atoms with E-state index in [1.165, 1.54) is 0 Å². The second-order valence-electron chi connectivity index (χ2n) is 4.13. The van der Waals surface area contributed by atoms with Gasteiger partial charge in [-0.15, -0.1) is 0 Å². The first-order chi connectivity index (χ1) is 8.81. The molecule has 0 bridgehead atoms. The Morgan fingerprint density at radius 3 is 2.72 bits per heavy atom. The standard InChI is InChI=1S/C12H14N2O4/c15-13-7-11-5-3-9(17-11)1-2-10-4-6-12(18-10)8-14-16/h3,5-6,10H,1-2,4,7-8H2. The first-order valence-electron chi connectivity index (χ1n) is 5.83. The molecule has 0 radical (unpaired) electrons. The lowest BCUT2D eigenvalue weighted by atomic mass is 10.1. The molecule has 0 aromatic carbocycles. The maximum Gasteiger partial charge on any atom is 0.139 e. The highest BCUT2D eigenvalue weighted by atomic mass is 16.5. The van der Waals surface area contributed by atoms with Crippen LogP contribution in [0.1, 0.15) is 24.4 Å². The van der Waals surface area contributed by atoms with E-state index in [9.17, 15) is 9.81 Å². The molecule has 1 aromatic heterocycles. The number of hydrogen-bond acceptors (Lipinski definition) is 6. The van der Waals surface area contributed by atoms with E-state index in [4.69, 9.17) is 9.15 Å². The largest absolute Gasteiger partial charge is 0.493 e. The van der Waals surface area contributed by atoms with Crippen molar-refractivity contribution >= 4 is 0 Å². The molecule has 1 aliphatic heterocycles. The molecule has 1 aromatic rings. The molecule has 2 heterocycles. The van der Waals surface area contributed by atoms with Gasteiger partial charge in [-0.3, -0.25) is 0 Å². The lowest BCUT2D eigenvalue weighted by molar-refractivity contribution is 0.132. The minimum absolute atomic E-state index is 0.0661. The Morgan fingerprint density at radius 2 is 1.94 bits per heavy atom.